The molecule has 0 fully saturated rings. The Morgan fingerprint density at radius 1 is 1.31 bits per heavy atom. The molecule has 5 heteroatoms. The van der Waals surface area contributed by atoms with Gasteiger partial charge in [-0.25, -0.2) is 9.97 Å². The first-order valence-corrected chi connectivity index (χ1v) is 5.47. The van der Waals surface area contributed by atoms with Crippen LogP contribution >= 0.6 is 0 Å². The van der Waals surface area contributed by atoms with Crippen LogP contribution in [-0.4, -0.2) is 36.3 Å². The molecule has 16 heavy (non-hydrogen) atoms. The minimum Gasteiger partial charge on any atom is -0.383 e. The summed E-state index contributed by atoms with van der Waals surface area (Å²) in [6, 6.07) is 2.27. The number of anilines is 2. The second kappa shape index (κ2) is 6.27. The van der Waals surface area contributed by atoms with Crippen LogP contribution in [0.3, 0.4) is 0 Å². The predicted octanol–water partition coefficient (Wildman–Crippen LogP) is 1.66. The van der Waals surface area contributed by atoms with Gasteiger partial charge in [-0.2, -0.15) is 0 Å². The fourth-order valence-electron chi connectivity index (χ4n) is 1.31. The number of hydrogen-bond donors (Lipinski definition) is 2. The lowest BCUT2D eigenvalue weighted by molar-refractivity contribution is 0.210. The largest absolute Gasteiger partial charge is 0.383 e. The van der Waals surface area contributed by atoms with E-state index in [0.29, 0.717) is 12.6 Å². The molecule has 0 aliphatic carbocycles. The maximum Gasteiger partial charge on any atom is 0.131 e. The molecule has 0 saturated heterocycles. The minimum atomic E-state index is 0.362. The van der Waals surface area contributed by atoms with Crippen molar-refractivity contribution in [2.24, 2.45) is 0 Å². The first-order chi connectivity index (χ1) is 7.61. The molecule has 0 aliphatic heterocycles. The molecule has 0 unspecified atom stereocenters. The van der Waals surface area contributed by atoms with Crippen LogP contribution in [0.5, 0.6) is 0 Å². The molecular formula is C11H20N4O. The fourth-order valence-corrected chi connectivity index (χ4v) is 1.31. The Labute approximate surface area is 96.6 Å². The lowest BCUT2D eigenvalue weighted by atomic mass is 10.4. The van der Waals surface area contributed by atoms with Crippen LogP contribution in [0.15, 0.2) is 6.07 Å². The highest BCUT2D eigenvalue weighted by Crippen LogP contribution is 2.11. The molecule has 0 spiro atoms. The molecule has 2 N–H and O–H groups in total. The van der Waals surface area contributed by atoms with Crippen LogP contribution in [0.2, 0.25) is 0 Å². The van der Waals surface area contributed by atoms with Crippen molar-refractivity contribution in [1.82, 2.24) is 9.97 Å². The van der Waals surface area contributed by atoms with Gasteiger partial charge in [0, 0.05) is 25.8 Å². The van der Waals surface area contributed by atoms with Gasteiger partial charge < -0.3 is 15.4 Å². The Morgan fingerprint density at radius 3 is 2.62 bits per heavy atom. The highest BCUT2D eigenvalue weighted by Gasteiger charge is 2.02. The average Bonchev–Trinajstić information content (AvgIpc) is 2.16. The van der Waals surface area contributed by atoms with Crippen molar-refractivity contribution in [1.29, 1.82) is 0 Å². The highest BCUT2D eigenvalue weighted by atomic mass is 16.5. The Hall–Kier alpha value is -1.36. The summed E-state index contributed by atoms with van der Waals surface area (Å²) in [4.78, 5) is 8.60. The summed E-state index contributed by atoms with van der Waals surface area (Å²) in [5, 5.41) is 6.44. The van der Waals surface area contributed by atoms with E-state index >= 15 is 0 Å². The van der Waals surface area contributed by atoms with Crippen molar-refractivity contribution in [3.63, 3.8) is 0 Å². The number of rotatable bonds is 6. The second-order valence-electron chi connectivity index (χ2n) is 3.90. The van der Waals surface area contributed by atoms with Gasteiger partial charge in [0.1, 0.15) is 17.5 Å². The zero-order chi connectivity index (χ0) is 12.0. The topological polar surface area (TPSA) is 59.1 Å². The molecule has 0 aromatic carbocycles. The van der Waals surface area contributed by atoms with E-state index in [4.69, 9.17) is 4.74 Å². The highest BCUT2D eigenvalue weighted by molar-refractivity contribution is 5.47. The Kier molecular flexibility index (Phi) is 4.98. The molecule has 0 atom stereocenters. The SMILES string of the molecule is COCCNc1cc(NC(C)C)nc(C)n1. The quantitative estimate of drug-likeness (QED) is 0.720. The molecule has 5 nitrogen and oxygen atoms in total. The zero-order valence-electron chi connectivity index (χ0n) is 10.4. The maximum atomic E-state index is 4.97. The summed E-state index contributed by atoms with van der Waals surface area (Å²) in [7, 11) is 1.68. The van der Waals surface area contributed by atoms with Crippen molar-refractivity contribution in [3.05, 3.63) is 11.9 Å². The van der Waals surface area contributed by atoms with Crippen LogP contribution < -0.4 is 10.6 Å². The van der Waals surface area contributed by atoms with Crippen LogP contribution in [0.25, 0.3) is 0 Å². The van der Waals surface area contributed by atoms with E-state index in [-0.39, 0.29) is 0 Å². The van der Waals surface area contributed by atoms with Gasteiger partial charge in [-0.1, -0.05) is 0 Å². The molecule has 0 bridgehead atoms. The van der Waals surface area contributed by atoms with Gasteiger partial charge in [0.2, 0.25) is 0 Å². The van der Waals surface area contributed by atoms with Gasteiger partial charge in [-0.05, 0) is 20.8 Å². The summed E-state index contributed by atoms with van der Waals surface area (Å²) < 4.78 is 4.97. The van der Waals surface area contributed by atoms with Crippen LogP contribution in [-0.2, 0) is 4.74 Å². The lowest BCUT2D eigenvalue weighted by Gasteiger charge is -2.11. The van der Waals surface area contributed by atoms with Gasteiger partial charge in [-0.15, -0.1) is 0 Å². The van der Waals surface area contributed by atoms with Gasteiger partial charge in [0.15, 0.2) is 0 Å². The van der Waals surface area contributed by atoms with Crippen molar-refractivity contribution in [2.75, 3.05) is 30.9 Å². The number of methoxy groups -OCH3 is 1. The molecule has 1 heterocycles. The van der Waals surface area contributed by atoms with E-state index in [0.717, 1.165) is 24.0 Å². The summed E-state index contributed by atoms with van der Waals surface area (Å²) in [5.74, 6) is 2.43. The van der Waals surface area contributed by atoms with E-state index in [9.17, 15) is 0 Å². The molecule has 1 aromatic heterocycles. The zero-order valence-corrected chi connectivity index (χ0v) is 10.4. The van der Waals surface area contributed by atoms with Gasteiger partial charge in [0.25, 0.3) is 0 Å². The van der Waals surface area contributed by atoms with Crippen molar-refractivity contribution >= 4 is 11.6 Å². The van der Waals surface area contributed by atoms with E-state index in [1.165, 1.54) is 0 Å². The molecule has 90 valence electrons. The van der Waals surface area contributed by atoms with E-state index in [1.807, 2.05) is 13.0 Å². The monoisotopic (exact) mass is 224 g/mol. The molecule has 0 aliphatic rings. The first-order valence-electron chi connectivity index (χ1n) is 5.47. The first kappa shape index (κ1) is 12.7. The average molecular weight is 224 g/mol. The number of hydrogen-bond acceptors (Lipinski definition) is 5. The number of aryl methyl sites for hydroxylation is 1. The third-order valence-corrected chi connectivity index (χ3v) is 1.89. The second-order valence-corrected chi connectivity index (χ2v) is 3.90. The smallest absolute Gasteiger partial charge is 0.131 e. The summed E-state index contributed by atoms with van der Waals surface area (Å²) in [6.07, 6.45) is 0. The van der Waals surface area contributed by atoms with Gasteiger partial charge >= 0.3 is 0 Å². The number of nitrogens with one attached hydrogen (secondary N) is 2. The summed E-state index contributed by atoms with van der Waals surface area (Å²) >= 11 is 0. The summed E-state index contributed by atoms with van der Waals surface area (Å²) in [5.41, 5.74) is 0. The minimum absolute atomic E-state index is 0.362. The predicted molar refractivity (Wildman–Crippen MR) is 65.9 cm³/mol. The van der Waals surface area contributed by atoms with Crippen LogP contribution in [0.4, 0.5) is 11.6 Å². The van der Waals surface area contributed by atoms with Crippen molar-refractivity contribution < 1.29 is 4.74 Å². The number of aromatic nitrogens is 2. The molecule has 1 aromatic rings. The van der Waals surface area contributed by atoms with Crippen molar-refractivity contribution in [3.8, 4) is 0 Å². The number of ether oxygens (including phenoxy) is 1. The lowest BCUT2D eigenvalue weighted by Crippen LogP contribution is -2.14. The maximum absolute atomic E-state index is 4.97. The molecule has 0 radical (unpaired) electrons. The van der Waals surface area contributed by atoms with E-state index < -0.39 is 0 Å². The normalized spacial score (nSPS) is 10.6. The Balaban J connectivity index is 2.65. The molecule has 0 amide bonds. The van der Waals surface area contributed by atoms with Gasteiger partial charge in [0.05, 0.1) is 6.61 Å². The van der Waals surface area contributed by atoms with Crippen LogP contribution in [0.1, 0.15) is 19.7 Å². The number of nitrogens with zero attached hydrogens (tertiary/aromatic N) is 2. The molecule has 0 saturated carbocycles. The standard InChI is InChI=1S/C11H20N4O/c1-8(2)13-11-7-10(12-5-6-16-4)14-9(3)15-11/h7-8H,5-6H2,1-4H3,(H2,12,13,14,15). The van der Waals surface area contributed by atoms with E-state index in [1.54, 1.807) is 7.11 Å². The van der Waals surface area contributed by atoms with E-state index in [2.05, 4.69) is 34.4 Å². The Bertz CT molecular complexity index is 328. The van der Waals surface area contributed by atoms with Crippen LogP contribution in [0, 0.1) is 6.92 Å². The molecular weight excluding hydrogens is 204 g/mol. The third kappa shape index (κ3) is 4.44. The summed E-state index contributed by atoms with van der Waals surface area (Å²) in [6.45, 7) is 7.45. The molecule has 1 rings (SSSR count). The van der Waals surface area contributed by atoms with Gasteiger partial charge in [-0.3, -0.25) is 0 Å². The third-order valence-electron chi connectivity index (χ3n) is 1.89. The van der Waals surface area contributed by atoms with Crippen molar-refractivity contribution in [2.45, 2.75) is 26.8 Å². The fraction of sp³-hybridized carbons (Fsp3) is 0.636. The Morgan fingerprint density at radius 2 is 2.00 bits per heavy atom.